The third-order valence-corrected chi connectivity index (χ3v) is 4.60. The van der Waals surface area contributed by atoms with E-state index in [0.717, 1.165) is 25.2 Å². The van der Waals surface area contributed by atoms with Crippen molar-refractivity contribution < 1.29 is 9.53 Å². The van der Waals surface area contributed by atoms with Crippen molar-refractivity contribution in [3.8, 4) is 5.75 Å². The van der Waals surface area contributed by atoms with Gasteiger partial charge in [0.1, 0.15) is 5.75 Å². The van der Waals surface area contributed by atoms with E-state index in [1.807, 2.05) is 12.1 Å². The monoisotopic (exact) mass is 394 g/mol. The Morgan fingerprint density at radius 2 is 1.69 bits per heavy atom. The van der Waals surface area contributed by atoms with Gasteiger partial charge in [-0.2, -0.15) is 0 Å². The topological polar surface area (TPSA) is 41.6 Å². The number of nitrogens with zero attached hydrogens (tertiary/aromatic N) is 1. The molecule has 0 bridgehead atoms. The summed E-state index contributed by atoms with van der Waals surface area (Å²) in [5, 5.41) is 3.75. The van der Waals surface area contributed by atoms with E-state index in [1.165, 1.54) is 5.56 Å². The molecule has 0 atom stereocenters. The summed E-state index contributed by atoms with van der Waals surface area (Å²) in [7, 11) is 0. The summed E-state index contributed by atoms with van der Waals surface area (Å²) >= 11 is 11.8. The zero-order chi connectivity index (χ0) is 18.9. The van der Waals surface area contributed by atoms with Gasteiger partial charge >= 0.3 is 0 Å². The summed E-state index contributed by atoms with van der Waals surface area (Å²) in [4.78, 5) is 14.3. The molecule has 0 fully saturated rings. The molecule has 1 N–H and O–H groups in total. The van der Waals surface area contributed by atoms with Crippen molar-refractivity contribution in [2.45, 2.75) is 26.9 Å². The maximum Gasteiger partial charge on any atom is 0.258 e. The smallest absolute Gasteiger partial charge is 0.258 e. The van der Waals surface area contributed by atoms with Crippen molar-refractivity contribution in [2.24, 2.45) is 0 Å². The third-order valence-electron chi connectivity index (χ3n) is 4.07. The quantitative estimate of drug-likeness (QED) is 0.678. The predicted octanol–water partition coefficient (Wildman–Crippen LogP) is 4.53. The van der Waals surface area contributed by atoms with Crippen LogP contribution in [0.2, 0.25) is 10.0 Å². The molecule has 0 aromatic heterocycles. The zero-order valence-electron chi connectivity index (χ0n) is 15.1. The highest BCUT2D eigenvalue weighted by Crippen LogP contribution is 2.27. The Labute approximate surface area is 165 Å². The molecule has 0 saturated carbocycles. The van der Waals surface area contributed by atoms with E-state index in [0.29, 0.717) is 22.3 Å². The first kappa shape index (κ1) is 20.6. The molecule has 6 heteroatoms. The highest BCUT2D eigenvalue weighted by Gasteiger charge is 2.07. The SMILES string of the molecule is CCN(CC)Cc1ccc(CNC(=O)COc2ccc(Cl)cc2Cl)cc1. The molecule has 0 radical (unpaired) electrons. The molecule has 2 rings (SSSR count). The molecule has 1 amide bonds. The van der Waals surface area contributed by atoms with Gasteiger partial charge in [-0.3, -0.25) is 9.69 Å². The van der Waals surface area contributed by atoms with E-state index in [-0.39, 0.29) is 12.5 Å². The van der Waals surface area contributed by atoms with Gasteiger partial charge in [0.25, 0.3) is 5.91 Å². The van der Waals surface area contributed by atoms with Crippen LogP contribution in [0.15, 0.2) is 42.5 Å². The molecule has 140 valence electrons. The van der Waals surface area contributed by atoms with Gasteiger partial charge in [-0.25, -0.2) is 0 Å². The fourth-order valence-electron chi connectivity index (χ4n) is 2.46. The van der Waals surface area contributed by atoms with Gasteiger partial charge in [0.05, 0.1) is 5.02 Å². The minimum absolute atomic E-state index is 0.0958. The van der Waals surface area contributed by atoms with E-state index >= 15 is 0 Å². The molecule has 0 heterocycles. The van der Waals surface area contributed by atoms with Crippen LogP contribution < -0.4 is 10.1 Å². The van der Waals surface area contributed by atoms with Crippen LogP contribution in [0.25, 0.3) is 0 Å². The maximum atomic E-state index is 11.9. The lowest BCUT2D eigenvalue weighted by atomic mass is 10.1. The highest BCUT2D eigenvalue weighted by molar-refractivity contribution is 6.35. The van der Waals surface area contributed by atoms with Gasteiger partial charge in [0, 0.05) is 18.1 Å². The van der Waals surface area contributed by atoms with Gasteiger partial charge < -0.3 is 10.1 Å². The number of nitrogens with one attached hydrogen (secondary N) is 1. The van der Waals surface area contributed by atoms with Crippen LogP contribution >= 0.6 is 23.2 Å². The van der Waals surface area contributed by atoms with Gasteiger partial charge in [0.15, 0.2) is 6.61 Å². The minimum atomic E-state index is -0.205. The minimum Gasteiger partial charge on any atom is -0.482 e. The Bertz CT molecular complexity index is 716. The zero-order valence-corrected chi connectivity index (χ0v) is 16.6. The number of benzene rings is 2. The number of hydrogen-bond acceptors (Lipinski definition) is 3. The van der Waals surface area contributed by atoms with E-state index < -0.39 is 0 Å². The first-order valence-corrected chi connectivity index (χ1v) is 9.42. The molecular weight excluding hydrogens is 371 g/mol. The normalized spacial score (nSPS) is 10.8. The number of carbonyl (C=O) groups is 1. The molecule has 0 aliphatic heterocycles. The van der Waals surface area contributed by atoms with Crippen LogP contribution in [0, 0.1) is 0 Å². The van der Waals surface area contributed by atoms with Crippen molar-refractivity contribution in [1.29, 1.82) is 0 Å². The van der Waals surface area contributed by atoms with E-state index in [1.54, 1.807) is 18.2 Å². The molecule has 2 aromatic carbocycles. The Morgan fingerprint density at radius 3 is 2.31 bits per heavy atom. The summed E-state index contributed by atoms with van der Waals surface area (Å²) in [6.07, 6.45) is 0. The maximum absolute atomic E-state index is 11.9. The van der Waals surface area contributed by atoms with Crippen LogP contribution in [0.4, 0.5) is 0 Å². The average molecular weight is 395 g/mol. The van der Waals surface area contributed by atoms with Gasteiger partial charge in [0.2, 0.25) is 0 Å². The summed E-state index contributed by atoms with van der Waals surface area (Å²) in [6.45, 7) is 7.69. The van der Waals surface area contributed by atoms with E-state index in [2.05, 4.69) is 36.2 Å². The van der Waals surface area contributed by atoms with Crippen molar-refractivity contribution in [1.82, 2.24) is 10.2 Å². The van der Waals surface area contributed by atoms with Gasteiger partial charge in [-0.15, -0.1) is 0 Å². The molecular formula is C20H24Cl2N2O2. The van der Waals surface area contributed by atoms with Crippen LogP contribution in [-0.2, 0) is 17.9 Å². The fraction of sp³-hybridized carbons (Fsp3) is 0.350. The van der Waals surface area contributed by atoms with Crippen molar-refractivity contribution in [3.63, 3.8) is 0 Å². The molecule has 4 nitrogen and oxygen atoms in total. The number of amides is 1. The van der Waals surface area contributed by atoms with Gasteiger partial charge in [-0.1, -0.05) is 61.3 Å². The molecule has 2 aromatic rings. The summed E-state index contributed by atoms with van der Waals surface area (Å²) < 4.78 is 5.42. The molecule has 0 saturated heterocycles. The number of rotatable bonds is 9. The lowest BCUT2D eigenvalue weighted by molar-refractivity contribution is -0.123. The largest absolute Gasteiger partial charge is 0.482 e. The van der Waals surface area contributed by atoms with E-state index in [4.69, 9.17) is 27.9 Å². The van der Waals surface area contributed by atoms with Crippen molar-refractivity contribution in [2.75, 3.05) is 19.7 Å². The standard InChI is InChI=1S/C20H24Cl2N2O2/c1-3-24(4-2)13-16-7-5-15(6-8-16)12-23-20(25)14-26-19-10-9-17(21)11-18(19)22/h5-11H,3-4,12-14H2,1-2H3,(H,23,25). The summed E-state index contributed by atoms with van der Waals surface area (Å²) in [5.41, 5.74) is 2.32. The van der Waals surface area contributed by atoms with E-state index in [9.17, 15) is 4.79 Å². The first-order valence-electron chi connectivity index (χ1n) is 8.66. The predicted molar refractivity (Wildman–Crippen MR) is 107 cm³/mol. The van der Waals surface area contributed by atoms with Crippen molar-refractivity contribution >= 4 is 29.1 Å². The lowest BCUT2D eigenvalue weighted by Crippen LogP contribution is -2.28. The first-order chi connectivity index (χ1) is 12.5. The summed E-state index contributed by atoms with van der Waals surface area (Å²) in [5.74, 6) is 0.232. The number of hydrogen-bond donors (Lipinski definition) is 1. The van der Waals surface area contributed by atoms with Crippen molar-refractivity contribution in [3.05, 3.63) is 63.6 Å². The van der Waals surface area contributed by atoms with Crippen LogP contribution in [0.3, 0.4) is 0 Å². The van der Waals surface area contributed by atoms with Crippen LogP contribution in [0.1, 0.15) is 25.0 Å². The Kier molecular flexibility index (Phi) is 8.23. The van der Waals surface area contributed by atoms with Crippen LogP contribution in [0.5, 0.6) is 5.75 Å². The Hall–Kier alpha value is -1.75. The number of carbonyl (C=O) groups excluding carboxylic acids is 1. The average Bonchev–Trinajstić information content (AvgIpc) is 2.64. The molecule has 0 unspecified atom stereocenters. The van der Waals surface area contributed by atoms with Crippen LogP contribution in [-0.4, -0.2) is 30.5 Å². The molecule has 0 aliphatic carbocycles. The highest BCUT2D eigenvalue weighted by atomic mass is 35.5. The molecule has 0 aliphatic rings. The fourth-order valence-corrected chi connectivity index (χ4v) is 2.92. The lowest BCUT2D eigenvalue weighted by Gasteiger charge is -2.18. The second kappa shape index (κ2) is 10.4. The second-order valence-corrected chi connectivity index (χ2v) is 6.76. The Balaban J connectivity index is 1.78. The number of halogens is 2. The number of ether oxygens (including phenoxy) is 1. The molecule has 0 spiro atoms. The second-order valence-electron chi connectivity index (χ2n) is 5.92. The summed E-state index contributed by atoms with van der Waals surface area (Å²) in [6, 6.07) is 13.2. The Morgan fingerprint density at radius 1 is 1.04 bits per heavy atom. The third kappa shape index (κ3) is 6.52. The van der Waals surface area contributed by atoms with Gasteiger partial charge in [-0.05, 0) is 42.4 Å². The molecule has 26 heavy (non-hydrogen) atoms.